The number of likely N-dealkylation sites (tertiary alicyclic amines) is 1. The van der Waals surface area contributed by atoms with Crippen LogP contribution in [-0.2, 0) is 17.1 Å². The van der Waals surface area contributed by atoms with Gasteiger partial charge in [0, 0.05) is 52.6 Å². The lowest BCUT2D eigenvalue weighted by atomic mass is 9.97. The third-order valence-corrected chi connectivity index (χ3v) is 6.92. The molecule has 0 atom stereocenters. The molecule has 0 radical (unpaired) electrons. The average Bonchev–Trinajstić information content (AvgIpc) is 2.78. The molecule has 0 spiro atoms. The molecule has 168 valence electrons. The number of piperidine rings is 1. The van der Waals surface area contributed by atoms with Crippen molar-refractivity contribution in [1.82, 2.24) is 9.47 Å². The molecule has 0 aliphatic carbocycles. The quantitative estimate of drug-likeness (QED) is 0.597. The molecule has 8 heteroatoms. The Bertz CT molecular complexity index is 1320. The SMILES string of the molecule is C=CS(=O)(=O)Nc1ccc(NC2CCN(C)CC2)c(-c2cn(C)c(=O)c3ccccc23)c1. The fraction of sp³-hybridized carbons (Fsp3) is 0.292. The number of hydrogen-bond acceptors (Lipinski definition) is 5. The van der Waals surface area contributed by atoms with Crippen LogP contribution >= 0.6 is 0 Å². The third kappa shape index (κ3) is 4.56. The van der Waals surface area contributed by atoms with E-state index in [0.29, 0.717) is 17.1 Å². The Labute approximate surface area is 188 Å². The van der Waals surface area contributed by atoms with Gasteiger partial charge in [0.15, 0.2) is 0 Å². The van der Waals surface area contributed by atoms with Crippen LogP contribution in [-0.4, -0.2) is 44.1 Å². The molecule has 3 aromatic rings. The minimum absolute atomic E-state index is 0.0716. The molecule has 2 N–H and O–H groups in total. The molecule has 2 heterocycles. The van der Waals surface area contributed by atoms with E-state index in [1.165, 1.54) is 0 Å². The lowest BCUT2D eigenvalue weighted by Crippen LogP contribution is -2.36. The zero-order valence-electron chi connectivity index (χ0n) is 18.3. The van der Waals surface area contributed by atoms with Gasteiger partial charge in [-0.3, -0.25) is 9.52 Å². The fourth-order valence-corrected chi connectivity index (χ4v) is 4.70. The smallest absolute Gasteiger partial charge is 0.258 e. The van der Waals surface area contributed by atoms with Crippen LogP contribution in [0, 0.1) is 0 Å². The topological polar surface area (TPSA) is 83.4 Å². The molecule has 1 aliphatic heterocycles. The first kappa shape index (κ1) is 22.1. The Hall–Kier alpha value is -3.10. The van der Waals surface area contributed by atoms with Gasteiger partial charge in [-0.15, -0.1) is 0 Å². The largest absolute Gasteiger partial charge is 0.382 e. The Morgan fingerprint density at radius 1 is 1.03 bits per heavy atom. The molecule has 0 amide bonds. The average molecular weight is 453 g/mol. The Kier molecular flexibility index (Phi) is 6.08. The van der Waals surface area contributed by atoms with E-state index >= 15 is 0 Å². The summed E-state index contributed by atoms with van der Waals surface area (Å²) in [7, 11) is 0.210. The van der Waals surface area contributed by atoms with E-state index in [1.54, 1.807) is 17.7 Å². The van der Waals surface area contributed by atoms with Crippen LogP contribution < -0.4 is 15.6 Å². The molecular formula is C24H28N4O3S. The van der Waals surface area contributed by atoms with Gasteiger partial charge in [-0.25, -0.2) is 8.42 Å². The summed E-state index contributed by atoms with van der Waals surface area (Å²) in [5.74, 6) is 0. The molecule has 1 aromatic heterocycles. The van der Waals surface area contributed by atoms with Crippen molar-refractivity contribution in [3.63, 3.8) is 0 Å². The number of aryl methyl sites for hydroxylation is 1. The van der Waals surface area contributed by atoms with Crippen LogP contribution in [0.3, 0.4) is 0 Å². The number of benzene rings is 2. The van der Waals surface area contributed by atoms with Crippen LogP contribution in [0.1, 0.15) is 12.8 Å². The summed E-state index contributed by atoms with van der Waals surface area (Å²) in [5.41, 5.74) is 2.96. The first-order valence-corrected chi connectivity index (χ1v) is 12.1. The number of pyridine rings is 1. The molecule has 0 saturated carbocycles. The Morgan fingerprint density at radius 3 is 2.41 bits per heavy atom. The van der Waals surface area contributed by atoms with E-state index in [4.69, 9.17) is 0 Å². The number of nitrogens with one attached hydrogen (secondary N) is 2. The summed E-state index contributed by atoms with van der Waals surface area (Å²) in [6.45, 7) is 5.41. The normalized spacial score (nSPS) is 15.6. The molecule has 1 fully saturated rings. The highest BCUT2D eigenvalue weighted by molar-refractivity contribution is 7.95. The molecule has 7 nitrogen and oxygen atoms in total. The Balaban J connectivity index is 1.86. The van der Waals surface area contributed by atoms with Crippen molar-refractivity contribution in [3.8, 4) is 11.1 Å². The summed E-state index contributed by atoms with van der Waals surface area (Å²) in [4.78, 5) is 15.0. The van der Waals surface area contributed by atoms with Gasteiger partial charge >= 0.3 is 0 Å². The number of aromatic nitrogens is 1. The molecule has 0 bridgehead atoms. The lowest BCUT2D eigenvalue weighted by Gasteiger charge is -2.31. The number of hydrogen-bond donors (Lipinski definition) is 2. The first-order chi connectivity index (χ1) is 15.3. The third-order valence-electron chi connectivity index (χ3n) is 5.96. The van der Waals surface area contributed by atoms with E-state index in [0.717, 1.165) is 53.5 Å². The van der Waals surface area contributed by atoms with E-state index < -0.39 is 10.0 Å². The maximum atomic E-state index is 12.7. The second-order valence-electron chi connectivity index (χ2n) is 8.30. The van der Waals surface area contributed by atoms with Crippen molar-refractivity contribution >= 4 is 32.2 Å². The van der Waals surface area contributed by atoms with Crippen molar-refractivity contribution in [2.24, 2.45) is 7.05 Å². The molecular weight excluding hydrogens is 424 g/mol. The fourth-order valence-electron chi connectivity index (χ4n) is 4.17. The molecule has 2 aromatic carbocycles. The number of nitrogens with zero attached hydrogens (tertiary/aromatic N) is 2. The molecule has 1 saturated heterocycles. The van der Waals surface area contributed by atoms with Crippen LogP contribution in [0.15, 0.2) is 65.4 Å². The van der Waals surface area contributed by atoms with Crippen molar-refractivity contribution in [1.29, 1.82) is 0 Å². The number of rotatable bonds is 6. The van der Waals surface area contributed by atoms with Gasteiger partial charge in [-0.1, -0.05) is 24.8 Å². The number of anilines is 2. The van der Waals surface area contributed by atoms with Crippen molar-refractivity contribution in [2.45, 2.75) is 18.9 Å². The lowest BCUT2D eigenvalue weighted by molar-refractivity contribution is 0.264. The predicted octanol–water partition coefficient (Wildman–Crippen LogP) is 3.60. The van der Waals surface area contributed by atoms with Gasteiger partial charge in [-0.05, 0) is 62.6 Å². The van der Waals surface area contributed by atoms with Crippen molar-refractivity contribution < 1.29 is 8.42 Å². The predicted molar refractivity (Wildman–Crippen MR) is 132 cm³/mol. The maximum absolute atomic E-state index is 12.7. The second kappa shape index (κ2) is 8.80. The molecule has 4 rings (SSSR count). The van der Waals surface area contributed by atoms with Gasteiger partial charge in [0.25, 0.3) is 15.6 Å². The minimum Gasteiger partial charge on any atom is -0.382 e. The van der Waals surface area contributed by atoms with Gasteiger partial charge in [0.2, 0.25) is 0 Å². The molecule has 32 heavy (non-hydrogen) atoms. The summed E-state index contributed by atoms with van der Waals surface area (Å²) in [6, 6.07) is 13.3. The summed E-state index contributed by atoms with van der Waals surface area (Å²) in [6.07, 6.45) is 3.86. The zero-order valence-corrected chi connectivity index (χ0v) is 19.2. The van der Waals surface area contributed by atoms with Gasteiger partial charge in [0.05, 0.1) is 0 Å². The Morgan fingerprint density at radius 2 is 1.72 bits per heavy atom. The van der Waals surface area contributed by atoms with Crippen LogP contribution in [0.25, 0.3) is 21.9 Å². The van der Waals surface area contributed by atoms with Crippen LogP contribution in [0.2, 0.25) is 0 Å². The maximum Gasteiger partial charge on any atom is 0.258 e. The summed E-state index contributed by atoms with van der Waals surface area (Å²) in [5, 5.41) is 5.99. The highest BCUT2D eigenvalue weighted by Crippen LogP contribution is 2.36. The second-order valence-corrected chi connectivity index (χ2v) is 9.93. The minimum atomic E-state index is -3.64. The summed E-state index contributed by atoms with van der Waals surface area (Å²) < 4.78 is 28.2. The highest BCUT2D eigenvalue weighted by Gasteiger charge is 2.20. The van der Waals surface area contributed by atoms with E-state index in [1.807, 2.05) is 42.6 Å². The zero-order chi connectivity index (χ0) is 22.9. The highest BCUT2D eigenvalue weighted by atomic mass is 32.2. The van der Waals surface area contributed by atoms with E-state index in [9.17, 15) is 13.2 Å². The van der Waals surface area contributed by atoms with Crippen LogP contribution in [0.5, 0.6) is 0 Å². The van der Waals surface area contributed by atoms with Crippen LogP contribution in [0.4, 0.5) is 11.4 Å². The number of fused-ring (bicyclic) bond motifs is 1. The van der Waals surface area contributed by atoms with E-state index in [-0.39, 0.29) is 5.56 Å². The van der Waals surface area contributed by atoms with Gasteiger partial charge in [0.1, 0.15) is 0 Å². The first-order valence-electron chi connectivity index (χ1n) is 10.6. The van der Waals surface area contributed by atoms with Crippen molar-refractivity contribution in [2.75, 3.05) is 30.2 Å². The standard InChI is InChI=1S/C24H28N4O3S/c1-4-32(30,31)26-18-9-10-23(25-17-11-13-27(2)14-12-17)21(15-18)22-16-28(3)24(29)20-8-6-5-7-19(20)22/h4-10,15-17,25-26H,1,11-14H2,2-3H3. The van der Waals surface area contributed by atoms with Crippen molar-refractivity contribution in [3.05, 3.63) is 71.0 Å². The molecule has 1 aliphatic rings. The summed E-state index contributed by atoms with van der Waals surface area (Å²) >= 11 is 0. The monoisotopic (exact) mass is 452 g/mol. The van der Waals surface area contributed by atoms with Gasteiger partial charge < -0.3 is 14.8 Å². The van der Waals surface area contributed by atoms with Gasteiger partial charge in [-0.2, -0.15) is 0 Å². The van der Waals surface area contributed by atoms with E-state index in [2.05, 4.69) is 28.6 Å². The number of sulfonamides is 1. The molecule has 0 unspecified atom stereocenters.